The van der Waals surface area contributed by atoms with Crippen LogP contribution in [0.2, 0.25) is 0 Å². The molecular weight excluding hydrogens is 197 g/mol. The Balaban J connectivity index is 4.44. The third-order valence-corrected chi connectivity index (χ3v) is 1.86. The molecule has 0 aliphatic rings. The van der Waals surface area contributed by atoms with E-state index in [0.717, 1.165) is 6.42 Å². The van der Waals surface area contributed by atoms with Crippen LogP contribution in [-0.2, 0) is 4.79 Å². The highest BCUT2D eigenvalue weighted by Gasteiger charge is 2.12. The summed E-state index contributed by atoms with van der Waals surface area (Å²) in [5.41, 5.74) is 0. The van der Waals surface area contributed by atoms with E-state index in [1.807, 2.05) is 13.8 Å². The Morgan fingerprint density at radius 2 is 2.08 bits per heavy atom. The van der Waals surface area contributed by atoms with Gasteiger partial charge >= 0.3 is 0 Å². The van der Waals surface area contributed by atoms with E-state index in [-0.39, 0.29) is 16.4 Å². The molecule has 0 saturated carbocycles. The van der Waals surface area contributed by atoms with Crippen LogP contribution in [0, 0.1) is 0 Å². The predicted octanol–water partition coefficient (Wildman–Crippen LogP) is 2.91. The van der Waals surface area contributed by atoms with Crippen LogP contribution in [0.15, 0.2) is 10.7 Å². The number of carbonyl (C=O) groups is 1. The maximum atomic E-state index is 11.0. The molecule has 1 amide bonds. The molecule has 4 heteroatoms. The van der Waals surface area contributed by atoms with Gasteiger partial charge in [-0.3, -0.25) is 4.79 Å². The van der Waals surface area contributed by atoms with Gasteiger partial charge in [-0.25, -0.2) is 0 Å². The molecule has 0 heterocycles. The molecule has 0 saturated heterocycles. The maximum absolute atomic E-state index is 11.0. The molecule has 0 bridgehead atoms. The van der Waals surface area contributed by atoms with E-state index in [4.69, 9.17) is 23.2 Å². The Kier molecular flexibility index (Phi) is 5.34. The number of carbonyl (C=O) groups excluding carboxylic acids is 1. The minimum Gasteiger partial charge on any atom is -0.314 e. The van der Waals surface area contributed by atoms with Crippen molar-refractivity contribution >= 4 is 29.1 Å². The first-order chi connectivity index (χ1) is 5.49. The molecule has 12 heavy (non-hydrogen) atoms. The van der Waals surface area contributed by atoms with Crippen LogP contribution >= 0.6 is 23.2 Å². The van der Waals surface area contributed by atoms with Crippen molar-refractivity contribution in [3.05, 3.63) is 10.7 Å². The number of hydrogen-bond acceptors (Lipinski definition) is 1. The number of halogens is 2. The molecule has 0 aliphatic heterocycles. The molecular formula is C8H13Cl2NO. The summed E-state index contributed by atoms with van der Waals surface area (Å²) >= 11 is 10.9. The minimum atomic E-state index is -0.0526. The van der Waals surface area contributed by atoms with E-state index in [0.29, 0.717) is 0 Å². The summed E-state index contributed by atoms with van der Waals surface area (Å²) < 4.78 is 0.102. The number of nitrogens with zero attached hydrogens (tertiary/aromatic N) is 1. The van der Waals surface area contributed by atoms with Crippen molar-refractivity contribution in [3.8, 4) is 0 Å². The molecule has 70 valence electrons. The first-order valence-corrected chi connectivity index (χ1v) is 4.56. The van der Waals surface area contributed by atoms with Crippen molar-refractivity contribution < 1.29 is 4.79 Å². The van der Waals surface area contributed by atoms with Gasteiger partial charge < -0.3 is 4.90 Å². The van der Waals surface area contributed by atoms with Crippen molar-refractivity contribution in [1.29, 1.82) is 0 Å². The average molecular weight is 210 g/mol. The molecule has 0 aromatic heterocycles. The molecule has 0 aromatic carbocycles. The van der Waals surface area contributed by atoms with Crippen molar-refractivity contribution in [2.75, 3.05) is 0 Å². The predicted molar refractivity (Wildman–Crippen MR) is 52.1 cm³/mol. The smallest absolute Gasteiger partial charge is 0.223 e. The number of amides is 1. The summed E-state index contributed by atoms with van der Waals surface area (Å²) in [7, 11) is 0. The van der Waals surface area contributed by atoms with Crippen LogP contribution < -0.4 is 0 Å². The van der Waals surface area contributed by atoms with Gasteiger partial charge in [0.25, 0.3) is 0 Å². The second-order valence-electron chi connectivity index (χ2n) is 2.60. The van der Waals surface area contributed by atoms with Crippen LogP contribution in [0.4, 0.5) is 0 Å². The summed E-state index contributed by atoms with van der Waals surface area (Å²) in [5.74, 6) is -0.0526. The third-order valence-electron chi connectivity index (χ3n) is 1.67. The molecule has 1 unspecified atom stereocenters. The number of hydrogen-bond donors (Lipinski definition) is 0. The zero-order chi connectivity index (χ0) is 9.72. The lowest BCUT2D eigenvalue weighted by atomic mass is 10.2. The topological polar surface area (TPSA) is 20.3 Å². The van der Waals surface area contributed by atoms with Crippen molar-refractivity contribution in [3.63, 3.8) is 0 Å². The van der Waals surface area contributed by atoms with Gasteiger partial charge in [0.1, 0.15) is 4.49 Å². The van der Waals surface area contributed by atoms with Crippen LogP contribution in [0.3, 0.4) is 0 Å². The van der Waals surface area contributed by atoms with Gasteiger partial charge in [-0.2, -0.15) is 0 Å². The molecule has 1 atom stereocenters. The van der Waals surface area contributed by atoms with Crippen LogP contribution in [0.25, 0.3) is 0 Å². The van der Waals surface area contributed by atoms with E-state index >= 15 is 0 Å². The van der Waals surface area contributed by atoms with Crippen molar-refractivity contribution in [1.82, 2.24) is 4.90 Å². The second-order valence-corrected chi connectivity index (χ2v) is 3.61. The van der Waals surface area contributed by atoms with Crippen molar-refractivity contribution in [2.24, 2.45) is 0 Å². The fourth-order valence-electron chi connectivity index (χ4n) is 0.830. The molecule has 0 aliphatic carbocycles. The zero-order valence-electron chi connectivity index (χ0n) is 7.47. The number of rotatable bonds is 3. The summed E-state index contributed by atoms with van der Waals surface area (Å²) in [4.78, 5) is 12.6. The molecule has 0 fully saturated rings. The Hall–Kier alpha value is -0.210. The van der Waals surface area contributed by atoms with Gasteiger partial charge in [-0.15, -0.1) is 0 Å². The second kappa shape index (κ2) is 5.44. The molecule has 0 rings (SSSR count). The lowest BCUT2D eigenvalue weighted by Crippen LogP contribution is -2.31. The SMILES string of the molecule is CCC(C)N(C=C(Cl)Cl)C(C)=O. The lowest BCUT2D eigenvalue weighted by molar-refractivity contribution is -0.127. The quantitative estimate of drug-likeness (QED) is 0.701. The highest BCUT2D eigenvalue weighted by atomic mass is 35.5. The van der Waals surface area contributed by atoms with E-state index in [1.165, 1.54) is 18.0 Å². The molecule has 0 aromatic rings. The molecule has 0 radical (unpaired) electrons. The van der Waals surface area contributed by atoms with Crippen LogP contribution in [0.1, 0.15) is 27.2 Å². The van der Waals surface area contributed by atoms with Gasteiger partial charge in [-0.1, -0.05) is 30.1 Å². The zero-order valence-corrected chi connectivity index (χ0v) is 8.99. The van der Waals surface area contributed by atoms with Gasteiger partial charge in [0.15, 0.2) is 0 Å². The maximum Gasteiger partial charge on any atom is 0.223 e. The summed E-state index contributed by atoms with van der Waals surface area (Å²) in [6.07, 6.45) is 2.32. The summed E-state index contributed by atoms with van der Waals surface area (Å²) in [6.45, 7) is 5.42. The third kappa shape index (κ3) is 3.98. The van der Waals surface area contributed by atoms with Crippen molar-refractivity contribution in [2.45, 2.75) is 33.2 Å². The highest BCUT2D eigenvalue weighted by molar-refractivity contribution is 6.55. The minimum absolute atomic E-state index is 0.0526. The van der Waals surface area contributed by atoms with E-state index in [1.54, 1.807) is 0 Å². The van der Waals surface area contributed by atoms with Crippen LogP contribution in [0.5, 0.6) is 0 Å². The normalized spacial score (nSPS) is 12.1. The Morgan fingerprint density at radius 1 is 1.58 bits per heavy atom. The first-order valence-electron chi connectivity index (χ1n) is 3.80. The Morgan fingerprint density at radius 3 is 2.33 bits per heavy atom. The summed E-state index contributed by atoms with van der Waals surface area (Å²) in [5, 5.41) is 0. The Bertz CT molecular complexity index is 187. The van der Waals surface area contributed by atoms with Gasteiger partial charge in [0, 0.05) is 19.2 Å². The Labute approximate surface area is 83.1 Å². The molecule has 0 spiro atoms. The van der Waals surface area contributed by atoms with E-state index in [2.05, 4.69) is 0 Å². The highest BCUT2D eigenvalue weighted by Crippen LogP contribution is 2.12. The first kappa shape index (κ1) is 11.8. The lowest BCUT2D eigenvalue weighted by Gasteiger charge is -2.23. The fraction of sp³-hybridized carbons (Fsp3) is 0.625. The molecule has 0 N–H and O–H groups in total. The summed E-state index contributed by atoms with van der Waals surface area (Å²) in [6, 6.07) is 0.134. The average Bonchev–Trinajstić information content (AvgIpc) is 1.98. The van der Waals surface area contributed by atoms with Crippen LogP contribution in [-0.4, -0.2) is 16.8 Å². The largest absolute Gasteiger partial charge is 0.314 e. The van der Waals surface area contributed by atoms with E-state index in [9.17, 15) is 4.79 Å². The monoisotopic (exact) mass is 209 g/mol. The van der Waals surface area contributed by atoms with Gasteiger partial charge in [-0.05, 0) is 13.3 Å². The van der Waals surface area contributed by atoms with Gasteiger partial charge in [0.05, 0.1) is 0 Å². The molecule has 2 nitrogen and oxygen atoms in total. The van der Waals surface area contributed by atoms with E-state index < -0.39 is 0 Å². The fourth-order valence-corrected chi connectivity index (χ4v) is 1.04. The standard InChI is InChI=1S/C8H13Cl2NO/c1-4-6(2)11(7(3)12)5-8(9)10/h5-6H,4H2,1-3H3. The van der Waals surface area contributed by atoms with Gasteiger partial charge in [0.2, 0.25) is 5.91 Å².